The summed E-state index contributed by atoms with van der Waals surface area (Å²) in [4.78, 5) is 17.2. The second kappa shape index (κ2) is 4.96. The van der Waals surface area contributed by atoms with Gasteiger partial charge in [0.1, 0.15) is 0 Å². The van der Waals surface area contributed by atoms with Gasteiger partial charge in [-0.05, 0) is 50.3 Å². The van der Waals surface area contributed by atoms with Gasteiger partial charge in [-0.1, -0.05) is 24.3 Å². The fourth-order valence-corrected chi connectivity index (χ4v) is 2.71. The van der Waals surface area contributed by atoms with Gasteiger partial charge in [0.25, 0.3) is 0 Å². The summed E-state index contributed by atoms with van der Waals surface area (Å²) in [6, 6.07) is 9.79. The van der Waals surface area contributed by atoms with E-state index in [0.29, 0.717) is 0 Å². The molecule has 1 aliphatic carbocycles. The molecule has 2 nitrogen and oxygen atoms in total. The Morgan fingerprint density at radius 3 is 2.84 bits per heavy atom. The molecular formula is C17H17NO. The van der Waals surface area contributed by atoms with E-state index in [9.17, 15) is 4.79 Å². The van der Waals surface area contributed by atoms with Crippen molar-refractivity contribution in [2.75, 3.05) is 0 Å². The summed E-state index contributed by atoms with van der Waals surface area (Å²) in [5, 5.41) is 0.963. The average Bonchev–Trinajstić information content (AvgIpc) is 2.46. The quantitative estimate of drug-likeness (QED) is 0.748. The van der Waals surface area contributed by atoms with E-state index in [1.54, 1.807) is 0 Å². The largest absolute Gasteiger partial charge is 0.289 e. The lowest BCUT2D eigenvalue weighted by Gasteiger charge is -2.13. The number of hydrogen-bond acceptors (Lipinski definition) is 2. The van der Waals surface area contributed by atoms with E-state index < -0.39 is 0 Å². The Hall–Kier alpha value is -1.96. The number of carbonyl (C=O) groups is 1. The fourth-order valence-electron chi connectivity index (χ4n) is 2.71. The molecule has 2 aromatic rings. The maximum atomic E-state index is 12.7. The number of aryl methyl sites for hydroxylation is 1. The monoisotopic (exact) mass is 251 g/mol. The molecule has 2 heteroatoms. The first-order chi connectivity index (χ1) is 9.25. The molecule has 0 bridgehead atoms. The first-order valence-electron chi connectivity index (χ1n) is 6.86. The van der Waals surface area contributed by atoms with Crippen LogP contribution in [0.25, 0.3) is 10.9 Å². The highest BCUT2D eigenvalue weighted by Crippen LogP contribution is 2.25. The average molecular weight is 251 g/mol. The Labute approximate surface area is 113 Å². The van der Waals surface area contributed by atoms with Crippen molar-refractivity contribution >= 4 is 16.7 Å². The lowest BCUT2D eigenvalue weighted by Crippen LogP contribution is -2.08. The smallest absolute Gasteiger partial charge is 0.189 e. The minimum atomic E-state index is 0.182. The number of Topliss-reactive ketones (excluding diaryl/α,β-unsaturated/α-hetero) is 1. The third-order valence-corrected chi connectivity index (χ3v) is 3.67. The summed E-state index contributed by atoms with van der Waals surface area (Å²) in [7, 11) is 0. The van der Waals surface area contributed by atoms with Crippen molar-refractivity contribution in [3.8, 4) is 0 Å². The zero-order valence-corrected chi connectivity index (χ0v) is 11.1. The first-order valence-corrected chi connectivity index (χ1v) is 6.86. The second-order valence-corrected chi connectivity index (χ2v) is 5.13. The number of ketones is 1. The third-order valence-electron chi connectivity index (χ3n) is 3.67. The van der Waals surface area contributed by atoms with Gasteiger partial charge in [0, 0.05) is 16.6 Å². The normalized spacial score (nSPS) is 15.3. The molecule has 0 atom stereocenters. The van der Waals surface area contributed by atoms with Crippen LogP contribution in [0.15, 0.2) is 42.0 Å². The van der Waals surface area contributed by atoms with Crippen molar-refractivity contribution in [3.63, 3.8) is 0 Å². The van der Waals surface area contributed by atoms with E-state index >= 15 is 0 Å². The molecule has 0 N–H and O–H groups in total. The molecule has 0 unspecified atom stereocenters. The van der Waals surface area contributed by atoms with Gasteiger partial charge in [-0.25, -0.2) is 0 Å². The highest BCUT2D eigenvalue weighted by Gasteiger charge is 2.17. The second-order valence-electron chi connectivity index (χ2n) is 5.13. The highest BCUT2D eigenvalue weighted by atomic mass is 16.1. The van der Waals surface area contributed by atoms with Crippen molar-refractivity contribution in [1.29, 1.82) is 0 Å². The number of para-hydroxylation sites is 1. The highest BCUT2D eigenvalue weighted by molar-refractivity contribution is 6.15. The van der Waals surface area contributed by atoms with Crippen LogP contribution < -0.4 is 0 Å². The lowest BCUT2D eigenvalue weighted by atomic mass is 9.91. The minimum Gasteiger partial charge on any atom is -0.289 e. The van der Waals surface area contributed by atoms with Crippen LogP contribution in [-0.4, -0.2) is 10.8 Å². The first kappa shape index (κ1) is 12.1. The lowest BCUT2D eigenvalue weighted by molar-refractivity contribution is 0.103. The fraction of sp³-hybridized carbons (Fsp3) is 0.294. The van der Waals surface area contributed by atoms with Gasteiger partial charge in [-0.3, -0.25) is 9.78 Å². The maximum absolute atomic E-state index is 12.7. The summed E-state index contributed by atoms with van der Waals surface area (Å²) in [5.41, 5.74) is 3.58. The molecule has 1 aliphatic rings. The van der Waals surface area contributed by atoms with E-state index in [-0.39, 0.29) is 5.78 Å². The van der Waals surface area contributed by atoms with Crippen molar-refractivity contribution in [1.82, 2.24) is 4.98 Å². The van der Waals surface area contributed by atoms with Crippen LogP contribution in [0.4, 0.5) is 0 Å². The molecule has 0 fully saturated rings. The van der Waals surface area contributed by atoms with Gasteiger partial charge in [0.05, 0.1) is 5.52 Å². The summed E-state index contributed by atoms with van der Waals surface area (Å²) in [5.74, 6) is 0.182. The summed E-state index contributed by atoms with van der Waals surface area (Å²) < 4.78 is 0. The SMILES string of the molecule is Cc1cc(C(=O)C2=CCCCC2)c2ccccc2n1. The minimum absolute atomic E-state index is 0.182. The summed E-state index contributed by atoms with van der Waals surface area (Å²) in [6.07, 6.45) is 6.38. The number of hydrogen-bond donors (Lipinski definition) is 0. The number of nitrogens with zero attached hydrogens (tertiary/aromatic N) is 1. The molecule has 0 amide bonds. The predicted molar refractivity (Wildman–Crippen MR) is 77.4 cm³/mol. The van der Waals surface area contributed by atoms with E-state index in [2.05, 4.69) is 11.1 Å². The summed E-state index contributed by atoms with van der Waals surface area (Å²) in [6.45, 7) is 1.94. The van der Waals surface area contributed by atoms with Gasteiger partial charge < -0.3 is 0 Å². The molecule has 19 heavy (non-hydrogen) atoms. The van der Waals surface area contributed by atoms with Gasteiger partial charge in [-0.2, -0.15) is 0 Å². The number of rotatable bonds is 2. The van der Waals surface area contributed by atoms with Crippen LogP contribution in [0.3, 0.4) is 0 Å². The molecule has 0 aliphatic heterocycles. The van der Waals surface area contributed by atoms with Crippen molar-refractivity contribution in [3.05, 3.63) is 53.2 Å². The molecule has 1 heterocycles. The van der Waals surface area contributed by atoms with Crippen molar-refractivity contribution in [2.24, 2.45) is 0 Å². The topological polar surface area (TPSA) is 30.0 Å². The molecule has 3 rings (SSSR count). The number of benzene rings is 1. The van der Waals surface area contributed by atoms with Gasteiger partial charge >= 0.3 is 0 Å². The van der Waals surface area contributed by atoms with Crippen LogP contribution >= 0.6 is 0 Å². The van der Waals surface area contributed by atoms with Crippen LogP contribution in [0.5, 0.6) is 0 Å². The Balaban J connectivity index is 2.13. The number of carbonyl (C=O) groups excluding carboxylic acids is 1. The summed E-state index contributed by atoms with van der Waals surface area (Å²) >= 11 is 0. The number of fused-ring (bicyclic) bond motifs is 1. The van der Waals surface area contributed by atoms with E-state index in [0.717, 1.165) is 47.0 Å². The Morgan fingerprint density at radius 1 is 1.21 bits per heavy atom. The van der Waals surface area contributed by atoms with E-state index in [1.165, 1.54) is 6.42 Å². The Morgan fingerprint density at radius 2 is 2.05 bits per heavy atom. The Kier molecular flexibility index (Phi) is 3.16. The van der Waals surface area contributed by atoms with Gasteiger partial charge in [0.15, 0.2) is 5.78 Å². The van der Waals surface area contributed by atoms with Crippen LogP contribution in [0, 0.1) is 6.92 Å². The molecule has 0 saturated heterocycles. The number of allylic oxidation sites excluding steroid dienone is 2. The van der Waals surface area contributed by atoms with Crippen LogP contribution in [0.1, 0.15) is 41.7 Å². The molecule has 1 aromatic carbocycles. The molecule has 0 spiro atoms. The van der Waals surface area contributed by atoms with Crippen molar-refractivity contribution in [2.45, 2.75) is 32.6 Å². The van der Waals surface area contributed by atoms with Crippen LogP contribution in [0.2, 0.25) is 0 Å². The van der Waals surface area contributed by atoms with E-state index in [1.807, 2.05) is 37.3 Å². The van der Waals surface area contributed by atoms with Crippen LogP contribution in [-0.2, 0) is 0 Å². The van der Waals surface area contributed by atoms with Gasteiger partial charge in [-0.15, -0.1) is 0 Å². The zero-order valence-electron chi connectivity index (χ0n) is 11.1. The molecule has 0 radical (unpaired) electrons. The molecule has 1 aromatic heterocycles. The third kappa shape index (κ3) is 2.30. The van der Waals surface area contributed by atoms with Crippen molar-refractivity contribution < 1.29 is 4.79 Å². The molecular weight excluding hydrogens is 234 g/mol. The number of aromatic nitrogens is 1. The number of pyridine rings is 1. The predicted octanol–water partition coefficient (Wildman–Crippen LogP) is 4.23. The zero-order chi connectivity index (χ0) is 13.2. The van der Waals surface area contributed by atoms with Gasteiger partial charge in [0.2, 0.25) is 0 Å². The van der Waals surface area contributed by atoms with E-state index in [4.69, 9.17) is 0 Å². The standard InChI is InChI=1S/C17H17NO/c1-12-11-15(14-9-5-6-10-16(14)18-12)17(19)13-7-3-2-4-8-13/h5-7,9-11H,2-4,8H2,1H3. The Bertz CT molecular complexity index is 670. The molecule has 96 valence electrons. The molecule has 0 saturated carbocycles. The maximum Gasteiger partial charge on any atom is 0.189 e.